The standard InChI is InChI=1S/C21H17FN2O2S2/c1-2-3-4-12-5-8-14(9-6-12)24-20(26)18(28-21(24)27)17-15-11-13(22)7-10-16(15)23-19(17)25/h5-11,26H,2-4H2,1H3. The second-order valence-corrected chi connectivity index (χ2v) is 8.22. The lowest BCUT2D eigenvalue weighted by molar-refractivity contribution is -0.112. The Morgan fingerprint density at radius 1 is 1.21 bits per heavy atom. The summed E-state index contributed by atoms with van der Waals surface area (Å²) in [5.74, 6) is -1.10. The SMILES string of the molecule is CCCCc1ccc(-n2c(O)c(C3=c4cc(F)ccc4=NC3=O)sc2=S)cc1. The van der Waals surface area contributed by atoms with Crippen LogP contribution in [0.5, 0.6) is 5.88 Å². The maximum absolute atomic E-state index is 13.7. The van der Waals surface area contributed by atoms with E-state index in [0.717, 1.165) is 30.6 Å². The largest absolute Gasteiger partial charge is 0.493 e. The quantitative estimate of drug-likeness (QED) is 0.649. The highest BCUT2D eigenvalue weighted by Gasteiger charge is 2.26. The van der Waals surface area contributed by atoms with Crippen LogP contribution in [0.3, 0.4) is 0 Å². The zero-order chi connectivity index (χ0) is 19.8. The van der Waals surface area contributed by atoms with E-state index in [1.165, 1.54) is 28.3 Å². The molecular weight excluding hydrogens is 395 g/mol. The van der Waals surface area contributed by atoms with E-state index in [9.17, 15) is 14.3 Å². The molecule has 1 amide bonds. The van der Waals surface area contributed by atoms with Gasteiger partial charge in [-0.2, -0.15) is 0 Å². The molecule has 0 atom stereocenters. The third-order valence-corrected chi connectivity index (χ3v) is 6.07. The van der Waals surface area contributed by atoms with E-state index in [-0.39, 0.29) is 11.5 Å². The van der Waals surface area contributed by atoms with Gasteiger partial charge in [-0.05, 0) is 61.0 Å². The van der Waals surface area contributed by atoms with E-state index in [4.69, 9.17) is 12.2 Å². The van der Waals surface area contributed by atoms with Gasteiger partial charge in [0.25, 0.3) is 5.91 Å². The van der Waals surface area contributed by atoms with Gasteiger partial charge < -0.3 is 5.11 Å². The highest BCUT2D eigenvalue weighted by atomic mass is 32.1. The Balaban J connectivity index is 1.83. The summed E-state index contributed by atoms with van der Waals surface area (Å²) >= 11 is 6.55. The van der Waals surface area contributed by atoms with Gasteiger partial charge in [0.05, 0.1) is 16.6 Å². The molecule has 142 valence electrons. The van der Waals surface area contributed by atoms with E-state index in [0.29, 0.717) is 25.1 Å². The molecule has 7 heteroatoms. The van der Waals surface area contributed by atoms with Crippen LogP contribution in [0.2, 0.25) is 0 Å². The van der Waals surface area contributed by atoms with Crippen molar-refractivity contribution < 1.29 is 14.3 Å². The summed E-state index contributed by atoms with van der Waals surface area (Å²) in [6.07, 6.45) is 3.24. The summed E-state index contributed by atoms with van der Waals surface area (Å²) < 4.78 is 15.6. The number of nitrogens with zero attached hydrogens (tertiary/aromatic N) is 2. The van der Waals surface area contributed by atoms with Crippen LogP contribution in [0, 0.1) is 9.77 Å². The van der Waals surface area contributed by atoms with Gasteiger partial charge >= 0.3 is 0 Å². The Hall–Kier alpha value is -2.64. The Morgan fingerprint density at radius 2 is 1.96 bits per heavy atom. The molecule has 0 saturated heterocycles. The van der Waals surface area contributed by atoms with Crippen molar-refractivity contribution in [2.24, 2.45) is 4.99 Å². The average molecular weight is 413 g/mol. The highest BCUT2D eigenvalue weighted by molar-refractivity contribution is 7.73. The van der Waals surface area contributed by atoms with Crippen LogP contribution in [0.4, 0.5) is 4.39 Å². The maximum atomic E-state index is 13.7. The van der Waals surface area contributed by atoms with Crippen molar-refractivity contribution in [3.63, 3.8) is 0 Å². The second kappa shape index (κ2) is 7.41. The first-order valence-corrected chi connectivity index (χ1v) is 10.2. The third kappa shape index (κ3) is 3.21. The van der Waals surface area contributed by atoms with Crippen molar-refractivity contribution >= 4 is 35.0 Å². The molecule has 0 radical (unpaired) electrons. The summed E-state index contributed by atoms with van der Waals surface area (Å²) in [5.41, 5.74) is 2.12. The average Bonchev–Trinajstić information content (AvgIpc) is 3.15. The van der Waals surface area contributed by atoms with Gasteiger partial charge in [0.15, 0.2) is 3.95 Å². The molecule has 3 aromatic rings. The lowest BCUT2D eigenvalue weighted by Crippen LogP contribution is -2.23. The normalized spacial score (nSPS) is 12.9. The van der Waals surface area contributed by atoms with Crippen LogP contribution in [0.15, 0.2) is 47.5 Å². The van der Waals surface area contributed by atoms with Gasteiger partial charge in [0, 0.05) is 5.22 Å². The first kappa shape index (κ1) is 18.7. The topological polar surface area (TPSA) is 54.6 Å². The fourth-order valence-corrected chi connectivity index (χ4v) is 4.64. The fourth-order valence-electron chi connectivity index (χ4n) is 3.26. The Morgan fingerprint density at radius 3 is 2.68 bits per heavy atom. The predicted molar refractivity (Wildman–Crippen MR) is 109 cm³/mol. The summed E-state index contributed by atoms with van der Waals surface area (Å²) in [4.78, 5) is 16.7. The van der Waals surface area contributed by atoms with E-state index < -0.39 is 11.7 Å². The zero-order valence-corrected chi connectivity index (χ0v) is 16.7. The van der Waals surface area contributed by atoms with Crippen LogP contribution < -0.4 is 10.6 Å². The number of aryl methyl sites for hydroxylation is 1. The maximum Gasteiger partial charge on any atom is 0.279 e. The lowest BCUT2D eigenvalue weighted by atomic mass is 10.1. The van der Waals surface area contributed by atoms with Gasteiger partial charge in [0.2, 0.25) is 5.88 Å². The highest BCUT2D eigenvalue weighted by Crippen LogP contribution is 2.35. The smallest absolute Gasteiger partial charge is 0.279 e. The first-order valence-electron chi connectivity index (χ1n) is 8.97. The fraction of sp³-hybridized carbons (Fsp3) is 0.190. The summed E-state index contributed by atoms with van der Waals surface area (Å²) in [7, 11) is 0. The third-order valence-electron chi connectivity index (χ3n) is 4.69. The summed E-state index contributed by atoms with van der Waals surface area (Å²) in [5, 5.41) is 11.6. The Bertz CT molecular complexity index is 1260. The van der Waals surface area contributed by atoms with Crippen molar-refractivity contribution in [1.82, 2.24) is 4.57 Å². The molecular formula is C21H17FN2O2S2. The van der Waals surface area contributed by atoms with Gasteiger partial charge in [0.1, 0.15) is 10.7 Å². The molecule has 4 rings (SSSR count). The molecule has 1 N–H and O–H groups in total. The number of amides is 1. The number of halogens is 1. The molecule has 4 nitrogen and oxygen atoms in total. The number of aromatic nitrogens is 1. The molecule has 0 aliphatic carbocycles. The van der Waals surface area contributed by atoms with E-state index in [1.807, 2.05) is 24.3 Å². The molecule has 2 aromatic carbocycles. The summed E-state index contributed by atoms with van der Waals surface area (Å²) in [6, 6.07) is 11.8. The Kier molecular flexibility index (Phi) is 4.95. The van der Waals surface area contributed by atoms with Crippen molar-refractivity contribution in [2.75, 3.05) is 0 Å². The number of benzene rings is 2. The lowest BCUT2D eigenvalue weighted by Gasteiger charge is -2.07. The van der Waals surface area contributed by atoms with Crippen molar-refractivity contribution in [3.05, 3.63) is 73.3 Å². The minimum absolute atomic E-state index is 0.132. The number of carbonyl (C=O) groups excluding carboxylic acids is 1. The molecule has 0 unspecified atom stereocenters. The van der Waals surface area contributed by atoms with Gasteiger partial charge in [-0.15, -0.1) is 11.3 Å². The molecule has 0 saturated carbocycles. The molecule has 0 fully saturated rings. The Labute approximate surface area is 169 Å². The van der Waals surface area contributed by atoms with Crippen LogP contribution in [-0.4, -0.2) is 15.6 Å². The van der Waals surface area contributed by atoms with Crippen LogP contribution in [0.25, 0.3) is 11.3 Å². The monoisotopic (exact) mass is 412 g/mol. The van der Waals surface area contributed by atoms with Crippen LogP contribution in [-0.2, 0) is 11.2 Å². The van der Waals surface area contributed by atoms with Gasteiger partial charge in [-0.25, -0.2) is 9.38 Å². The minimum atomic E-state index is -0.505. The number of aromatic hydroxyl groups is 1. The molecule has 1 aliphatic rings. The van der Waals surface area contributed by atoms with Crippen LogP contribution in [0.1, 0.15) is 30.2 Å². The van der Waals surface area contributed by atoms with Crippen molar-refractivity contribution in [2.45, 2.75) is 26.2 Å². The van der Waals surface area contributed by atoms with E-state index in [2.05, 4.69) is 11.9 Å². The first-order chi connectivity index (χ1) is 13.5. The van der Waals surface area contributed by atoms with Gasteiger partial charge in [-0.1, -0.05) is 25.5 Å². The second-order valence-electron chi connectivity index (χ2n) is 6.58. The van der Waals surface area contributed by atoms with Crippen molar-refractivity contribution in [1.29, 1.82) is 0 Å². The number of hydrogen-bond donors (Lipinski definition) is 1. The predicted octanol–water partition coefficient (Wildman–Crippen LogP) is 3.81. The number of rotatable bonds is 5. The molecule has 28 heavy (non-hydrogen) atoms. The van der Waals surface area contributed by atoms with Crippen molar-refractivity contribution in [3.8, 4) is 11.6 Å². The molecule has 1 aromatic heterocycles. The van der Waals surface area contributed by atoms with E-state index in [1.54, 1.807) is 0 Å². The minimum Gasteiger partial charge on any atom is -0.493 e. The van der Waals surface area contributed by atoms with Crippen LogP contribution >= 0.6 is 23.6 Å². The number of unbranched alkanes of at least 4 members (excludes halogenated alkanes) is 1. The molecule has 0 spiro atoms. The molecule has 1 aliphatic heterocycles. The molecule has 2 heterocycles. The van der Waals surface area contributed by atoms with E-state index >= 15 is 0 Å². The number of hydrogen-bond acceptors (Lipinski definition) is 4. The number of fused-ring (bicyclic) bond motifs is 1. The zero-order valence-electron chi connectivity index (χ0n) is 15.1. The summed E-state index contributed by atoms with van der Waals surface area (Å²) in [6.45, 7) is 2.15. The molecule has 0 bridgehead atoms. The number of carbonyl (C=O) groups is 1. The number of thiazole rings is 1. The van der Waals surface area contributed by atoms with Gasteiger partial charge in [-0.3, -0.25) is 9.36 Å².